The number of ketones is 1. The average Bonchev–Trinajstić information content (AvgIpc) is 2.26. The molecular formula is C12H13ClO3. The Kier molecular flexibility index (Phi) is 4.50. The molecule has 0 spiro atoms. The van der Waals surface area contributed by atoms with Crippen LogP contribution in [0.2, 0.25) is 0 Å². The number of carbonyl (C=O) groups is 2. The molecule has 0 saturated carbocycles. The minimum atomic E-state index is -1.43. The van der Waals surface area contributed by atoms with Gasteiger partial charge in [-0.1, -0.05) is 29.8 Å². The molecule has 0 fully saturated rings. The second-order valence-electron chi connectivity index (χ2n) is 3.65. The zero-order valence-electron chi connectivity index (χ0n) is 8.94. The van der Waals surface area contributed by atoms with Crippen molar-refractivity contribution in [2.75, 3.05) is 0 Å². The SMILES string of the molecule is Cc1ccc(CCC(=O)C(Cl)C(=O)O)cc1. The molecule has 1 aromatic carbocycles. The predicted molar refractivity (Wildman–Crippen MR) is 61.8 cm³/mol. The first-order chi connectivity index (χ1) is 7.50. The third-order valence-electron chi connectivity index (χ3n) is 2.28. The summed E-state index contributed by atoms with van der Waals surface area (Å²) in [5, 5.41) is 7.11. The van der Waals surface area contributed by atoms with E-state index in [1.807, 2.05) is 31.2 Å². The molecule has 1 N–H and O–H groups in total. The lowest BCUT2D eigenvalue weighted by atomic mass is 10.0. The van der Waals surface area contributed by atoms with Crippen molar-refractivity contribution in [2.24, 2.45) is 0 Å². The van der Waals surface area contributed by atoms with Crippen LogP contribution in [0.1, 0.15) is 17.5 Å². The summed E-state index contributed by atoms with van der Waals surface area (Å²) in [5.41, 5.74) is 2.16. The highest BCUT2D eigenvalue weighted by Gasteiger charge is 2.22. The fourth-order valence-corrected chi connectivity index (χ4v) is 1.40. The highest BCUT2D eigenvalue weighted by molar-refractivity contribution is 6.40. The maximum absolute atomic E-state index is 11.3. The molecule has 86 valence electrons. The van der Waals surface area contributed by atoms with Crippen molar-refractivity contribution >= 4 is 23.4 Å². The predicted octanol–water partition coefficient (Wildman–Crippen LogP) is 2.19. The number of carboxylic acids is 1. The Morgan fingerprint density at radius 2 is 1.88 bits per heavy atom. The van der Waals surface area contributed by atoms with Gasteiger partial charge in [0, 0.05) is 6.42 Å². The Hall–Kier alpha value is -1.35. The number of Topliss-reactive ketones (excluding diaryl/α,β-unsaturated/α-hetero) is 1. The van der Waals surface area contributed by atoms with E-state index < -0.39 is 17.1 Å². The average molecular weight is 241 g/mol. The molecule has 0 aliphatic rings. The molecular weight excluding hydrogens is 228 g/mol. The van der Waals surface area contributed by atoms with Gasteiger partial charge in [0.2, 0.25) is 0 Å². The fourth-order valence-electron chi connectivity index (χ4n) is 1.29. The molecule has 0 heterocycles. The molecule has 3 nitrogen and oxygen atoms in total. The molecule has 1 unspecified atom stereocenters. The van der Waals surface area contributed by atoms with E-state index in [2.05, 4.69) is 0 Å². The van der Waals surface area contributed by atoms with Crippen LogP contribution in [0.5, 0.6) is 0 Å². The molecule has 0 amide bonds. The molecule has 0 saturated heterocycles. The molecule has 0 aromatic heterocycles. The summed E-state index contributed by atoms with van der Waals surface area (Å²) in [6.07, 6.45) is 0.680. The number of halogens is 1. The largest absolute Gasteiger partial charge is 0.480 e. The number of hydrogen-bond donors (Lipinski definition) is 1. The smallest absolute Gasteiger partial charge is 0.329 e. The summed E-state index contributed by atoms with van der Waals surface area (Å²) in [5.74, 6) is -1.73. The van der Waals surface area contributed by atoms with Gasteiger partial charge in [0.05, 0.1) is 0 Å². The monoisotopic (exact) mass is 240 g/mol. The van der Waals surface area contributed by atoms with Crippen molar-refractivity contribution in [3.8, 4) is 0 Å². The molecule has 0 bridgehead atoms. The van der Waals surface area contributed by atoms with Gasteiger partial charge in [0.25, 0.3) is 0 Å². The Morgan fingerprint density at radius 3 is 2.38 bits per heavy atom. The summed E-state index contributed by atoms with van der Waals surface area (Å²) < 4.78 is 0. The van der Waals surface area contributed by atoms with Gasteiger partial charge in [0.1, 0.15) is 0 Å². The minimum Gasteiger partial charge on any atom is -0.480 e. The first kappa shape index (κ1) is 12.7. The number of aryl methyl sites for hydroxylation is 2. The molecule has 0 radical (unpaired) electrons. The van der Waals surface area contributed by atoms with Crippen molar-refractivity contribution in [3.05, 3.63) is 35.4 Å². The molecule has 0 aliphatic carbocycles. The molecule has 1 aromatic rings. The number of carbonyl (C=O) groups excluding carboxylic acids is 1. The third kappa shape index (κ3) is 3.66. The van der Waals surface area contributed by atoms with Crippen LogP contribution in [0, 0.1) is 6.92 Å². The molecule has 1 atom stereocenters. The van der Waals surface area contributed by atoms with Crippen LogP contribution < -0.4 is 0 Å². The Labute approximate surface area is 99.0 Å². The highest BCUT2D eigenvalue weighted by atomic mass is 35.5. The first-order valence-corrected chi connectivity index (χ1v) is 5.39. The van der Waals surface area contributed by atoms with E-state index in [-0.39, 0.29) is 6.42 Å². The van der Waals surface area contributed by atoms with Gasteiger partial charge >= 0.3 is 5.97 Å². The van der Waals surface area contributed by atoms with Crippen LogP contribution in [-0.2, 0) is 16.0 Å². The van der Waals surface area contributed by atoms with Gasteiger partial charge in [-0.3, -0.25) is 9.59 Å². The van der Waals surface area contributed by atoms with Gasteiger partial charge < -0.3 is 5.11 Å². The fraction of sp³-hybridized carbons (Fsp3) is 0.333. The standard InChI is InChI=1S/C12H13ClO3/c1-8-2-4-9(5-3-8)6-7-10(14)11(13)12(15)16/h2-5,11H,6-7H2,1H3,(H,15,16). The van der Waals surface area contributed by atoms with E-state index in [0.717, 1.165) is 11.1 Å². The van der Waals surface area contributed by atoms with Crippen molar-refractivity contribution < 1.29 is 14.7 Å². The normalized spacial score (nSPS) is 12.1. The van der Waals surface area contributed by atoms with Crippen LogP contribution in [0.15, 0.2) is 24.3 Å². The maximum atomic E-state index is 11.3. The maximum Gasteiger partial charge on any atom is 0.329 e. The number of rotatable bonds is 5. The molecule has 16 heavy (non-hydrogen) atoms. The quantitative estimate of drug-likeness (QED) is 0.634. The summed E-state index contributed by atoms with van der Waals surface area (Å²) in [6.45, 7) is 1.98. The number of alkyl halides is 1. The van der Waals surface area contributed by atoms with E-state index in [4.69, 9.17) is 16.7 Å². The van der Waals surface area contributed by atoms with E-state index in [0.29, 0.717) is 6.42 Å². The molecule has 0 aliphatic heterocycles. The second kappa shape index (κ2) is 5.66. The summed E-state index contributed by atoms with van der Waals surface area (Å²) in [7, 11) is 0. The number of aliphatic carboxylic acids is 1. The number of hydrogen-bond acceptors (Lipinski definition) is 2. The molecule has 1 rings (SSSR count). The van der Waals surface area contributed by atoms with Gasteiger partial charge in [-0.25, -0.2) is 0 Å². The van der Waals surface area contributed by atoms with Crippen molar-refractivity contribution in [1.82, 2.24) is 0 Å². The van der Waals surface area contributed by atoms with Crippen molar-refractivity contribution in [1.29, 1.82) is 0 Å². The Balaban J connectivity index is 2.49. The molecule has 4 heteroatoms. The van der Waals surface area contributed by atoms with Gasteiger partial charge in [0.15, 0.2) is 11.2 Å². The van der Waals surface area contributed by atoms with E-state index in [1.54, 1.807) is 0 Å². The van der Waals surface area contributed by atoms with Gasteiger partial charge in [-0.05, 0) is 18.9 Å². The van der Waals surface area contributed by atoms with Crippen LogP contribution in [0.3, 0.4) is 0 Å². The zero-order valence-corrected chi connectivity index (χ0v) is 9.70. The summed E-state index contributed by atoms with van der Waals surface area (Å²) >= 11 is 5.41. The van der Waals surface area contributed by atoms with E-state index >= 15 is 0 Å². The topological polar surface area (TPSA) is 54.4 Å². The number of benzene rings is 1. The lowest BCUT2D eigenvalue weighted by Gasteiger charge is -2.04. The third-order valence-corrected chi connectivity index (χ3v) is 2.71. The van der Waals surface area contributed by atoms with Crippen molar-refractivity contribution in [3.63, 3.8) is 0 Å². The lowest BCUT2D eigenvalue weighted by Crippen LogP contribution is -2.24. The first-order valence-electron chi connectivity index (χ1n) is 4.96. The van der Waals surface area contributed by atoms with E-state index in [1.165, 1.54) is 0 Å². The van der Waals surface area contributed by atoms with Crippen LogP contribution in [0.25, 0.3) is 0 Å². The van der Waals surface area contributed by atoms with Crippen LogP contribution in [-0.4, -0.2) is 22.2 Å². The van der Waals surface area contributed by atoms with E-state index in [9.17, 15) is 9.59 Å². The number of carboxylic acid groups (broad SMARTS) is 1. The Morgan fingerprint density at radius 1 is 1.31 bits per heavy atom. The van der Waals surface area contributed by atoms with Crippen LogP contribution in [0.4, 0.5) is 0 Å². The van der Waals surface area contributed by atoms with Crippen LogP contribution >= 0.6 is 11.6 Å². The highest BCUT2D eigenvalue weighted by Crippen LogP contribution is 2.09. The minimum absolute atomic E-state index is 0.156. The van der Waals surface area contributed by atoms with Gasteiger partial charge in [-0.2, -0.15) is 0 Å². The second-order valence-corrected chi connectivity index (χ2v) is 4.09. The summed E-state index contributed by atoms with van der Waals surface area (Å²) in [4.78, 5) is 21.8. The van der Waals surface area contributed by atoms with Gasteiger partial charge in [-0.15, -0.1) is 11.6 Å². The Bertz CT molecular complexity index is 384. The summed E-state index contributed by atoms with van der Waals surface area (Å²) in [6, 6.07) is 7.75. The van der Waals surface area contributed by atoms with Crippen molar-refractivity contribution in [2.45, 2.75) is 25.1 Å². The zero-order chi connectivity index (χ0) is 12.1. The lowest BCUT2D eigenvalue weighted by molar-refractivity contribution is -0.139.